The third-order valence-corrected chi connectivity index (χ3v) is 9.10. The first-order valence-electron chi connectivity index (χ1n) is 14.5. The molecule has 41 heavy (non-hydrogen) atoms. The topological polar surface area (TPSA) is 32.6 Å². The molecule has 0 amide bonds. The molecule has 1 N–H and O–H groups in total. The Morgan fingerprint density at radius 3 is 1.80 bits per heavy atom. The molecule has 0 heterocycles. The third-order valence-electron chi connectivity index (χ3n) is 7.66. The largest absolute Gasteiger partial charge is 0.506 e. The second-order valence-corrected chi connectivity index (χ2v) is 14.6. The number of hydrogen-bond acceptors (Lipinski definition) is 2. The number of aliphatic imine (C=N–C) groups is 1. The molecule has 0 bridgehead atoms. The first-order chi connectivity index (χ1) is 19.3. The summed E-state index contributed by atoms with van der Waals surface area (Å²) in [5, 5.41) is 10.8. The molecule has 2 nitrogen and oxygen atoms in total. The quantitative estimate of drug-likeness (QED) is 0.140. The van der Waals surface area contributed by atoms with Crippen LogP contribution in [0.4, 0.5) is 5.69 Å². The summed E-state index contributed by atoms with van der Waals surface area (Å²) < 4.78 is 1.90. The number of benzene rings is 4. The monoisotopic (exact) mass is 769 g/mol. The molecule has 4 heteroatoms. The van der Waals surface area contributed by atoms with Gasteiger partial charge in [0.15, 0.2) is 0 Å². The van der Waals surface area contributed by atoms with Crippen LogP contribution in [0.2, 0.25) is 0 Å². The maximum Gasteiger partial charge on any atom is 0.137 e. The van der Waals surface area contributed by atoms with Gasteiger partial charge in [0, 0.05) is 20.9 Å². The molecular weight excluding hydrogens is 728 g/mol. The summed E-state index contributed by atoms with van der Waals surface area (Å²) in [5.41, 5.74) is 11.7. The van der Waals surface area contributed by atoms with Crippen molar-refractivity contribution in [1.29, 1.82) is 0 Å². The van der Waals surface area contributed by atoms with Crippen LogP contribution in [0, 0.1) is 7.14 Å². The van der Waals surface area contributed by atoms with Gasteiger partial charge >= 0.3 is 0 Å². The van der Waals surface area contributed by atoms with E-state index >= 15 is 0 Å². The van der Waals surface area contributed by atoms with E-state index in [1.165, 1.54) is 33.4 Å². The van der Waals surface area contributed by atoms with Crippen molar-refractivity contribution in [1.82, 2.24) is 0 Å². The molecule has 0 atom stereocenters. The maximum atomic E-state index is 10.8. The predicted octanol–water partition coefficient (Wildman–Crippen LogP) is 12.2. The first-order valence-corrected chi connectivity index (χ1v) is 16.7. The van der Waals surface area contributed by atoms with Crippen LogP contribution in [-0.4, -0.2) is 11.3 Å². The molecule has 0 aliphatic carbocycles. The lowest BCUT2D eigenvalue weighted by molar-refractivity contribution is 0.470. The number of phenols is 1. The van der Waals surface area contributed by atoms with E-state index in [0.717, 1.165) is 29.5 Å². The van der Waals surface area contributed by atoms with Gasteiger partial charge in [0.05, 0.1) is 9.26 Å². The second-order valence-electron chi connectivity index (χ2n) is 12.2. The zero-order valence-corrected chi connectivity index (χ0v) is 29.7. The highest BCUT2D eigenvalue weighted by molar-refractivity contribution is 14.1. The molecular formula is C37H41I2NO. The van der Waals surface area contributed by atoms with Crippen LogP contribution in [0.25, 0.3) is 22.3 Å². The number of halogens is 2. The Kier molecular flexibility index (Phi) is 10.4. The molecule has 0 saturated heterocycles. The molecule has 4 rings (SSSR count). The molecule has 0 saturated carbocycles. The SMILES string of the molecule is CC(C)c1cc(-c2cccc(-c3cc(C(C)C)cc(C(C)C)c3N=Cc3cc(I)cc(I)c3O)c2)cc(C(C)C)c1. The molecule has 0 aliphatic heterocycles. The van der Waals surface area contributed by atoms with Gasteiger partial charge in [-0.25, -0.2) is 0 Å². The van der Waals surface area contributed by atoms with Gasteiger partial charge in [0.25, 0.3) is 0 Å². The summed E-state index contributed by atoms with van der Waals surface area (Å²) in [6.07, 6.45) is 1.82. The standard InChI is InChI=1S/C37H41I2NO/c1-21(2)27-13-28(22(3)4)15-30(14-27)25-10-9-11-26(12-25)34-18-29(23(5)6)17-33(24(7)8)36(34)40-20-31-16-32(38)19-35(39)37(31)41/h9-24,41H,1-8H3. The van der Waals surface area contributed by atoms with Crippen molar-refractivity contribution in [3.8, 4) is 28.0 Å². The predicted molar refractivity (Wildman–Crippen MR) is 194 cm³/mol. The average molecular weight is 770 g/mol. The van der Waals surface area contributed by atoms with E-state index in [4.69, 9.17) is 4.99 Å². The average Bonchev–Trinajstić information content (AvgIpc) is 2.93. The Hall–Kier alpha value is -2.19. The van der Waals surface area contributed by atoms with Gasteiger partial charge in [-0.05, 0) is 132 Å². The van der Waals surface area contributed by atoms with Crippen LogP contribution in [0.5, 0.6) is 5.75 Å². The van der Waals surface area contributed by atoms with Crippen molar-refractivity contribution < 1.29 is 5.11 Å². The Morgan fingerprint density at radius 2 is 1.22 bits per heavy atom. The summed E-state index contributed by atoms with van der Waals surface area (Å²) in [6.45, 7) is 18.0. The van der Waals surface area contributed by atoms with E-state index in [2.05, 4.69) is 155 Å². The Balaban J connectivity index is 1.94. The second kappa shape index (κ2) is 13.4. The molecule has 214 valence electrons. The lowest BCUT2D eigenvalue weighted by Crippen LogP contribution is -1.98. The highest BCUT2D eigenvalue weighted by Gasteiger charge is 2.18. The van der Waals surface area contributed by atoms with Gasteiger partial charge in [-0.3, -0.25) is 4.99 Å². The highest BCUT2D eigenvalue weighted by atomic mass is 127. The molecule has 0 unspecified atom stereocenters. The summed E-state index contributed by atoms with van der Waals surface area (Å²) in [7, 11) is 0. The smallest absolute Gasteiger partial charge is 0.137 e. The molecule has 0 aliphatic rings. The summed E-state index contributed by atoms with van der Waals surface area (Å²) in [4.78, 5) is 5.10. The van der Waals surface area contributed by atoms with Crippen LogP contribution in [0.1, 0.15) is 107 Å². The summed E-state index contributed by atoms with van der Waals surface area (Å²) in [6, 6.07) is 24.5. The van der Waals surface area contributed by atoms with Crippen molar-refractivity contribution in [3.05, 3.63) is 102 Å². The number of phenolic OH excluding ortho intramolecular Hbond substituents is 1. The van der Waals surface area contributed by atoms with Gasteiger partial charge < -0.3 is 5.11 Å². The number of nitrogens with zero attached hydrogens (tertiary/aromatic N) is 1. The van der Waals surface area contributed by atoms with Gasteiger partial charge in [-0.2, -0.15) is 0 Å². The molecule has 0 fully saturated rings. The van der Waals surface area contributed by atoms with Gasteiger partial charge in [-0.1, -0.05) is 97.9 Å². The van der Waals surface area contributed by atoms with Crippen molar-refractivity contribution in [2.45, 2.75) is 79.1 Å². The van der Waals surface area contributed by atoms with E-state index in [1.807, 2.05) is 18.3 Å². The zero-order chi connectivity index (χ0) is 30.0. The van der Waals surface area contributed by atoms with E-state index in [1.54, 1.807) is 0 Å². The van der Waals surface area contributed by atoms with Gasteiger partial charge in [0.1, 0.15) is 5.75 Å². The normalized spacial score (nSPS) is 12.0. The molecule has 4 aromatic rings. The minimum absolute atomic E-state index is 0.272. The molecule has 0 spiro atoms. The van der Waals surface area contributed by atoms with E-state index in [-0.39, 0.29) is 5.75 Å². The van der Waals surface area contributed by atoms with Crippen LogP contribution >= 0.6 is 45.2 Å². The fourth-order valence-electron chi connectivity index (χ4n) is 5.01. The Bertz CT molecular complexity index is 1550. The maximum absolute atomic E-state index is 10.8. The van der Waals surface area contributed by atoms with Crippen LogP contribution < -0.4 is 0 Å². The Morgan fingerprint density at radius 1 is 0.634 bits per heavy atom. The lowest BCUT2D eigenvalue weighted by Gasteiger charge is -2.20. The van der Waals surface area contributed by atoms with E-state index < -0.39 is 0 Å². The summed E-state index contributed by atoms with van der Waals surface area (Å²) in [5.74, 6) is 1.89. The van der Waals surface area contributed by atoms with Crippen molar-refractivity contribution in [3.63, 3.8) is 0 Å². The van der Waals surface area contributed by atoms with Crippen LogP contribution in [0.3, 0.4) is 0 Å². The Labute approximate surface area is 274 Å². The van der Waals surface area contributed by atoms with E-state index in [0.29, 0.717) is 23.7 Å². The van der Waals surface area contributed by atoms with Crippen LogP contribution in [0.15, 0.2) is 71.7 Å². The first kappa shape index (κ1) is 31.7. The van der Waals surface area contributed by atoms with Crippen molar-refractivity contribution >= 4 is 57.1 Å². The molecule has 0 aromatic heterocycles. The minimum Gasteiger partial charge on any atom is -0.506 e. The molecule has 0 radical (unpaired) electrons. The fraction of sp³-hybridized carbons (Fsp3) is 0.324. The lowest BCUT2D eigenvalue weighted by atomic mass is 9.87. The minimum atomic E-state index is 0.272. The van der Waals surface area contributed by atoms with E-state index in [9.17, 15) is 5.11 Å². The number of rotatable bonds is 8. The number of hydrogen-bond donors (Lipinski definition) is 1. The highest BCUT2D eigenvalue weighted by Crippen LogP contribution is 2.41. The van der Waals surface area contributed by atoms with Gasteiger partial charge in [0.2, 0.25) is 0 Å². The fourth-order valence-corrected chi connectivity index (χ4v) is 6.90. The van der Waals surface area contributed by atoms with Crippen molar-refractivity contribution in [2.24, 2.45) is 4.99 Å². The van der Waals surface area contributed by atoms with Crippen molar-refractivity contribution in [2.75, 3.05) is 0 Å². The molecule has 4 aromatic carbocycles. The van der Waals surface area contributed by atoms with Crippen LogP contribution in [-0.2, 0) is 0 Å². The summed E-state index contributed by atoms with van der Waals surface area (Å²) >= 11 is 4.47. The number of aromatic hydroxyl groups is 1. The third kappa shape index (κ3) is 7.42. The zero-order valence-electron chi connectivity index (χ0n) is 25.4. The van der Waals surface area contributed by atoms with Gasteiger partial charge in [-0.15, -0.1) is 0 Å².